The lowest BCUT2D eigenvalue weighted by atomic mass is 10.2. The van der Waals surface area contributed by atoms with Crippen molar-refractivity contribution in [3.05, 3.63) is 65.1 Å². The predicted octanol–water partition coefficient (Wildman–Crippen LogP) is 2.87. The smallest absolute Gasteiger partial charge is 0.239 e. The van der Waals surface area contributed by atoms with Gasteiger partial charge in [0.15, 0.2) is 0 Å². The molecular weight excluding hydrogens is 352 g/mol. The summed E-state index contributed by atoms with van der Waals surface area (Å²) in [5.74, 6) is 0.0616. The molecule has 0 aliphatic rings. The van der Waals surface area contributed by atoms with E-state index in [4.69, 9.17) is 4.74 Å². The number of rotatable bonds is 7. The van der Waals surface area contributed by atoms with Crippen molar-refractivity contribution in [1.29, 1.82) is 0 Å². The average Bonchev–Trinajstić information content (AvgIpc) is 2.61. The van der Waals surface area contributed by atoms with Crippen LogP contribution in [-0.2, 0) is 14.8 Å². The van der Waals surface area contributed by atoms with E-state index in [0.717, 1.165) is 20.8 Å². The van der Waals surface area contributed by atoms with Crippen LogP contribution >= 0.6 is 0 Å². The molecule has 0 unspecified atom stereocenters. The summed E-state index contributed by atoms with van der Waals surface area (Å²) in [6.45, 7) is 1.58. The molecule has 0 bridgehead atoms. The van der Waals surface area contributed by atoms with Gasteiger partial charge in [-0.3, -0.25) is 4.79 Å². The van der Waals surface area contributed by atoms with Gasteiger partial charge in [0.05, 0.1) is 19.3 Å². The van der Waals surface area contributed by atoms with Crippen LogP contribution in [0.3, 0.4) is 0 Å². The Hall–Kier alpha value is -2.64. The van der Waals surface area contributed by atoms with E-state index in [0.29, 0.717) is 11.4 Å². The lowest BCUT2D eigenvalue weighted by molar-refractivity contribution is -0.116. The van der Waals surface area contributed by atoms with Gasteiger partial charge in [-0.25, -0.2) is 8.42 Å². The van der Waals surface area contributed by atoms with Crippen LogP contribution in [0.5, 0.6) is 5.75 Å². The van der Waals surface area contributed by atoms with Gasteiger partial charge in [-0.05, 0) is 36.3 Å². The van der Waals surface area contributed by atoms with Crippen LogP contribution in [0.2, 0.25) is 0 Å². The molecule has 26 heavy (non-hydrogen) atoms. The summed E-state index contributed by atoms with van der Waals surface area (Å²) >= 11 is 0. The fraction of sp³-hybridized carbons (Fsp3) is 0.211. The zero-order valence-corrected chi connectivity index (χ0v) is 15.8. The fourth-order valence-electron chi connectivity index (χ4n) is 2.23. The molecule has 0 aromatic heterocycles. The second-order valence-corrected chi connectivity index (χ2v) is 7.69. The molecule has 0 aliphatic heterocycles. The third kappa shape index (κ3) is 5.44. The Morgan fingerprint density at radius 1 is 1.19 bits per heavy atom. The number of hydrogen-bond donors (Lipinski definition) is 1. The number of carbonyl (C=O) groups is 1. The molecule has 0 saturated carbocycles. The van der Waals surface area contributed by atoms with Crippen molar-refractivity contribution in [1.82, 2.24) is 4.31 Å². The quantitative estimate of drug-likeness (QED) is 0.809. The first kappa shape index (κ1) is 19.7. The van der Waals surface area contributed by atoms with Crippen molar-refractivity contribution in [2.45, 2.75) is 6.92 Å². The van der Waals surface area contributed by atoms with Crippen LogP contribution in [0.15, 0.2) is 53.9 Å². The highest BCUT2D eigenvalue weighted by molar-refractivity contribution is 7.92. The molecule has 6 nitrogen and oxygen atoms in total. The molecule has 2 aromatic carbocycles. The van der Waals surface area contributed by atoms with E-state index in [1.807, 2.05) is 31.2 Å². The van der Waals surface area contributed by atoms with Crippen LogP contribution in [0.25, 0.3) is 6.08 Å². The Bertz CT molecular complexity index is 893. The van der Waals surface area contributed by atoms with Gasteiger partial charge in [-0.15, -0.1) is 0 Å². The van der Waals surface area contributed by atoms with Crippen LogP contribution in [-0.4, -0.2) is 39.3 Å². The third-order valence-electron chi connectivity index (χ3n) is 3.66. The number of amides is 1. The number of anilines is 1. The standard InChI is InChI=1S/C19H22N2O4S/c1-15-9-10-18(25-3)17(13-15)20-19(22)14-21(2)26(23,24)12-11-16-7-5-4-6-8-16/h4-13H,14H2,1-3H3,(H,20,22). The molecule has 2 aromatic rings. The summed E-state index contributed by atoms with van der Waals surface area (Å²) in [7, 11) is -0.845. The van der Waals surface area contributed by atoms with Gasteiger partial charge < -0.3 is 10.1 Å². The maximum Gasteiger partial charge on any atom is 0.239 e. The van der Waals surface area contributed by atoms with Crippen LogP contribution in [0.4, 0.5) is 5.69 Å². The van der Waals surface area contributed by atoms with Gasteiger partial charge in [0.25, 0.3) is 0 Å². The molecule has 2 rings (SSSR count). The Morgan fingerprint density at radius 2 is 1.88 bits per heavy atom. The van der Waals surface area contributed by atoms with E-state index in [2.05, 4.69) is 5.32 Å². The number of sulfonamides is 1. The molecule has 1 amide bonds. The number of benzene rings is 2. The molecule has 0 spiro atoms. The molecule has 0 aliphatic carbocycles. The average molecular weight is 374 g/mol. The zero-order chi connectivity index (χ0) is 19.2. The maximum absolute atomic E-state index is 12.3. The molecule has 138 valence electrons. The molecule has 0 atom stereocenters. The van der Waals surface area contributed by atoms with Gasteiger partial charge in [0, 0.05) is 12.5 Å². The molecule has 1 N–H and O–H groups in total. The SMILES string of the molecule is COc1ccc(C)cc1NC(=O)CN(C)S(=O)(=O)C=Cc1ccccc1. The van der Waals surface area contributed by atoms with E-state index in [1.54, 1.807) is 24.3 Å². The van der Waals surface area contributed by atoms with Crippen molar-refractivity contribution in [3.63, 3.8) is 0 Å². The zero-order valence-electron chi connectivity index (χ0n) is 15.0. The van der Waals surface area contributed by atoms with Gasteiger partial charge in [-0.2, -0.15) is 4.31 Å². The minimum absolute atomic E-state index is 0.307. The van der Waals surface area contributed by atoms with Gasteiger partial charge in [0.1, 0.15) is 5.75 Å². The van der Waals surface area contributed by atoms with Gasteiger partial charge in [0.2, 0.25) is 15.9 Å². The second kappa shape index (κ2) is 8.64. The Balaban J connectivity index is 2.04. The normalized spacial score (nSPS) is 11.7. The van der Waals surface area contributed by atoms with E-state index < -0.39 is 15.9 Å². The first-order valence-corrected chi connectivity index (χ1v) is 9.46. The maximum atomic E-state index is 12.3. The van der Waals surface area contributed by atoms with Crippen molar-refractivity contribution in [2.24, 2.45) is 0 Å². The highest BCUT2D eigenvalue weighted by atomic mass is 32.2. The van der Waals surface area contributed by atoms with Crippen LogP contribution < -0.4 is 10.1 Å². The fourth-order valence-corrected chi connectivity index (χ4v) is 3.07. The molecule has 0 heterocycles. The number of methoxy groups -OCH3 is 1. The number of nitrogens with zero attached hydrogens (tertiary/aromatic N) is 1. The molecule has 0 fully saturated rings. The predicted molar refractivity (Wildman–Crippen MR) is 103 cm³/mol. The van der Waals surface area contributed by atoms with Crippen molar-refractivity contribution >= 4 is 27.7 Å². The highest BCUT2D eigenvalue weighted by Crippen LogP contribution is 2.25. The summed E-state index contributed by atoms with van der Waals surface area (Å²) in [6, 6.07) is 14.4. The van der Waals surface area contributed by atoms with Crippen LogP contribution in [0, 0.1) is 6.92 Å². The van der Waals surface area contributed by atoms with Crippen LogP contribution in [0.1, 0.15) is 11.1 Å². The Kier molecular flexibility index (Phi) is 6.54. The third-order valence-corrected chi connectivity index (χ3v) is 5.14. The number of ether oxygens (including phenoxy) is 1. The minimum Gasteiger partial charge on any atom is -0.495 e. The first-order valence-electron chi connectivity index (χ1n) is 7.96. The number of likely N-dealkylation sites (N-methyl/N-ethyl adjacent to an activating group) is 1. The summed E-state index contributed by atoms with van der Waals surface area (Å²) in [5.41, 5.74) is 2.22. The largest absolute Gasteiger partial charge is 0.495 e. The summed E-state index contributed by atoms with van der Waals surface area (Å²) in [5, 5.41) is 3.77. The van der Waals surface area contributed by atoms with E-state index in [9.17, 15) is 13.2 Å². The Labute approximate surface area is 154 Å². The lowest BCUT2D eigenvalue weighted by Crippen LogP contribution is -2.33. The Morgan fingerprint density at radius 3 is 2.54 bits per heavy atom. The van der Waals surface area contributed by atoms with E-state index >= 15 is 0 Å². The molecule has 7 heteroatoms. The van der Waals surface area contributed by atoms with E-state index in [-0.39, 0.29) is 6.54 Å². The number of aryl methyl sites for hydroxylation is 1. The van der Waals surface area contributed by atoms with Gasteiger partial charge >= 0.3 is 0 Å². The lowest BCUT2D eigenvalue weighted by Gasteiger charge is -2.16. The van der Waals surface area contributed by atoms with Crippen molar-refractivity contribution in [2.75, 3.05) is 26.0 Å². The van der Waals surface area contributed by atoms with Gasteiger partial charge in [-0.1, -0.05) is 36.4 Å². The summed E-state index contributed by atoms with van der Waals surface area (Å²) in [4.78, 5) is 12.2. The number of nitrogens with one attached hydrogen (secondary N) is 1. The summed E-state index contributed by atoms with van der Waals surface area (Å²) < 4.78 is 30.8. The first-order chi connectivity index (χ1) is 12.3. The second-order valence-electron chi connectivity index (χ2n) is 5.77. The van der Waals surface area contributed by atoms with Crippen molar-refractivity contribution < 1.29 is 17.9 Å². The number of carbonyl (C=O) groups excluding carboxylic acids is 1. The summed E-state index contributed by atoms with van der Waals surface area (Å²) in [6.07, 6.45) is 1.49. The molecular formula is C19H22N2O4S. The topological polar surface area (TPSA) is 75.7 Å². The van der Waals surface area contributed by atoms with E-state index in [1.165, 1.54) is 20.2 Å². The highest BCUT2D eigenvalue weighted by Gasteiger charge is 2.18. The monoisotopic (exact) mass is 374 g/mol. The molecule has 0 radical (unpaired) electrons. The minimum atomic E-state index is -3.71. The number of hydrogen-bond acceptors (Lipinski definition) is 4. The molecule has 0 saturated heterocycles. The van der Waals surface area contributed by atoms with Crippen molar-refractivity contribution in [3.8, 4) is 5.75 Å².